The van der Waals surface area contributed by atoms with Gasteiger partial charge in [0.05, 0.1) is 5.97 Å². The molecule has 94 valence electrons. The van der Waals surface area contributed by atoms with E-state index in [1.807, 2.05) is 13.1 Å². The largest absolute Gasteiger partial charge is 0.545 e. The predicted octanol–water partition coefficient (Wildman–Crippen LogP) is 1.99. The van der Waals surface area contributed by atoms with Crippen LogP contribution in [-0.4, -0.2) is 10.5 Å². The molecule has 0 atom stereocenters. The number of carbonyl (C=O) groups is 1. The molecule has 0 radical (unpaired) electrons. The standard InChI is InChI=1S/C14H21NO2/c1-2-13-12(14(16)17)8-9-15(13)10-11-6-4-3-5-7-11/h8-9,11H,2-7,10H2,1H3,(H,16,17)/p-1. The smallest absolute Gasteiger partial charge is 0.0733 e. The Balaban J connectivity index is 2.12. The Morgan fingerprint density at radius 3 is 2.71 bits per heavy atom. The van der Waals surface area contributed by atoms with E-state index < -0.39 is 5.97 Å². The Kier molecular flexibility index (Phi) is 3.87. The summed E-state index contributed by atoms with van der Waals surface area (Å²) in [5.41, 5.74) is 1.28. The van der Waals surface area contributed by atoms with E-state index in [4.69, 9.17) is 0 Å². The zero-order valence-corrected chi connectivity index (χ0v) is 10.4. The van der Waals surface area contributed by atoms with Gasteiger partial charge in [-0.3, -0.25) is 0 Å². The highest BCUT2D eigenvalue weighted by Gasteiger charge is 2.16. The van der Waals surface area contributed by atoms with Crippen LogP contribution in [0.5, 0.6) is 0 Å². The number of aromatic carboxylic acids is 1. The summed E-state index contributed by atoms with van der Waals surface area (Å²) in [5.74, 6) is -0.333. The van der Waals surface area contributed by atoms with Crippen molar-refractivity contribution in [2.24, 2.45) is 5.92 Å². The number of carboxylic acid groups (broad SMARTS) is 1. The predicted molar refractivity (Wildman–Crippen MR) is 64.7 cm³/mol. The Morgan fingerprint density at radius 1 is 1.41 bits per heavy atom. The average Bonchev–Trinajstić information content (AvgIpc) is 2.73. The van der Waals surface area contributed by atoms with Crippen molar-refractivity contribution >= 4 is 5.97 Å². The minimum absolute atomic E-state index is 0.364. The van der Waals surface area contributed by atoms with Crippen LogP contribution in [0.15, 0.2) is 12.3 Å². The van der Waals surface area contributed by atoms with E-state index in [0.29, 0.717) is 5.56 Å². The zero-order chi connectivity index (χ0) is 12.3. The van der Waals surface area contributed by atoms with Crippen LogP contribution in [0.1, 0.15) is 55.1 Å². The van der Waals surface area contributed by atoms with E-state index in [2.05, 4.69) is 4.57 Å². The fourth-order valence-corrected chi connectivity index (χ4v) is 2.90. The number of rotatable bonds is 4. The minimum atomic E-state index is -1.05. The topological polar surface area (TPSA) is 45.1 Å². The molecule has 0 bridgehead atoms. The molecule has 0 aromatic carbocycles. The summed E-state index contributed by atoms with van der Waals surface area (Å²) in [5, 5.41) is 11.0. The fraction of sp³-hybridized carbons (Fsp3) is 0.643. The molecule has 1 aliphatic carbocycles. The zero-order valence-electron chi connectivity index (χ0n) is 10.4. The SMILES string of the molecule is CCc1c(C(=O)[O-])ccn1CC1CCCCC1. The molecule has 0 saturated heterocycles. The monoisotopic (exact) mass is 234 g/mol. The summed E-state index contributed by atoms with van der Waals surface area (Å²) in [6.45, 7) is 2.97. The second-order valence-electron chi connectivity index (χ2n) is 4.97. The first-order valence-electron chi connectivity index (χ1n) is 6.61. The highest BCUT2D eigenvalue weighted by atomic mass is 16.4. The van der Waals surface area contributed by atoms with Crippen molar-refractivity contribution in [1.29, 1.82) is 0 Å². The van der Waals surface area contributed by atoms with Gasteiger partial charge in [0.15, 0.2) is 0 Å². The van der Waals surface area contributed by atoms with E-state index in [9.17, 15) is 9.90 Å². The van der Waals surface area contributed by atoms with Crippen molar-refractivity contribution in [3.8, 4) is 0 Å². The third kappa shape index (κ3) is 2.71. The highest BCUT2D eigenvalue weighted by molar-refractivity contribution is 5.87. The van der Waals surface area contributed by atoms with Crippen LogP contribution >= 0.6 is 0 Å². The number of carbonyl (C=O) groups excluding carboxylic acids is 1. The maximum Gasteiger partial charge on any atom is 0.0733 e. The fourth-order valence-electron chi connectivity index (χ4n) is 2.90. The van der Waals surface area contributed by atoms with Gasteiger partial charge in [-0.25, -0.2) is 0 Å². The second-order valence-corrected chi connectivity index (χ2v) is 4.97. The van der Waals surface area contributed by atoms with Crippen LogP contribution in [0.4, 0.5) is 0 Å². The summed E-state index contributed by atoms with van der Waals surface area (Å²) in [6, 6.07) is 1.68. The van der Waals surface area contributed by atoms with Crippen molar-refractivity contribution in [3.63, 3.8) is 0 Å². The van der Waals surface area contributed by atoms with E-state index in [1.165, 1.54) is 32.1 Å². The molecule has 0 amide bonds. The summed E-state index contributed by atoms with van der Waals surface area (Å²) >= 11 is 0. The number of hydrogen-bond donors (Lipinski definition) is 0. The Bertz CT molecular complexity index is 389. The van der Waals surface area contributed by atoms with Crippen LogP contribution in [0.3, 0.4) is 0 Å². The lowest BCUT2D eigenvalue weighted by molar-refractivity contribution is -0.255. The Morgan fingerprint density at radius 2 is 2.12 bits per heavy atom. The summed E-state index contributed by atoms with van der Waals surface area (Å²) in [6.07, 6.45) is 9.21. The quantitative estimate of drug-likeness (QED) is 0.799. The number of carboxylic acids is 1. The van der Waals surface area contributed by atoms with Crippen LogP contribution in [0.2, 0.25) is 0 Å². The average molecular weight is 234 g/mol. The molecule has 17 heavy (non-hydrogen) atoms. The van der Waals surface area contributed by atoms with Gasteiger partial charge in [0.1, 0.15) is 0 Å². The van der Waals surface area contributed by atoms with Gasteiger partial charge in [-0.15, -0.1) is 0 Å². The summed E-state index contributed by atoms with van der Waals surface area (Å²) in [7, 11) is 0. The lowest BCUT2D eigenvalue weighted by atomic mass is 9.89. The first kappa shape index (κ1) is 12.2. The van der Waals surface area contributed by atoms with Crippen molar-refractivity contribution in [2.75, 3.05) is 0 Å². The van der Waals surface area contributed by atoms with Crippen LogP contribution in [0, 0.1) is 5.92 Å². The van der Waals surface area contributed by atoms with Gasteiger partial charge in [0.2, 0.25) is 0 Å². The van der Waals surface area contributed by atoms with Gasteiger partial charge in [-0.05, 0) is 31.2 Å². The first-order chi connectivity index (χ1) is 8.22. The molecule has 3 heteroatoms. The van der Waals surface area contributed by atoms with E-state index in [0.717, 1.165) is 24.6 Å². The molecule has 1 aromatic heterocycles. The third-order valence-electron chi connectivity index (χ3n) is 3.81. The summed E-state index contributed by atoms with van der Waals surface area (Å²) < 4.78 is 2.11. The van der Waals surface area contributed by atoms with E-state index >= 15 is 0 Å². The van der Waals surface area contributed by atoms with Crippen LogP contribution < -0.4 is 5.11 Å². The molecule has 1 saturated carbocycles. The van der Waals surface area contributed by atoms with Gasteiger partial charge in [0.25, 0.3) is 0 Å². The van der Waals surface area contributed by atoms with Crippen molar-refractivity contribution in [1.82, 2.24) is 4.57 Å². The molecule has 0 spiro atoms. The molecule has 1 fully saturated rings. The van der Waals surface area contributed by atoms with E-state index in [-0.39, 0.29) is 0 Å². The summed E-state index contributed by atoms with van der Waals surface area (Å²) in [4.78, 5) is 11.0. The maximum atomic E-state index is 11.0. The molecular formula is C14H20NO2-. The molecule has 0 unspecified atom stereocenters. The van der Waals surface area contributed by atoms with E-state index in [1.54, 1.807) is 6.07 Å². The van der Waals surface area contributed by atoms with Gasteiger partial charge in [0, 0.05) is 24.0 Å². The van der Waals surface area contributed by atoms with Crippen molar-refractivity contribution in [2.45, 2.75) is 52.0 Å². The highest BCUT2D eigenvalue weighted by Crippen LogP contribution is 2.26. The van der Waals surface area contributed by atoms with Gasteiger partial charge >= 0.3 is 0 Å². The number of hydrogen-bond acceptors (Lipinski definition) is 2. The lowest BCUT2D eigenvalue weighted by Gasteiger charge is -2.23. The minimum Gasteiger partial charge on any atom is -0.545 e. The molecule has 1 heterocycles. The first-order valence-corrected chi connectivity index (χ1v) is 6.61. The van der Waals surface area contributed by atoms with Gasteiger partial charge in [-0.2, -0.15) is 0 Å². The number of aromatic nitrogens is 1. The normalized spacial score (nSPS) is 17.2. The van der Waals surface area contributed by atoms with Gasteiger partial charge in [-0.1, -0.05) is 26.2 Å². The molecule has 3 nitrogen and oxygen atoms in total. The van der Waals surface area contributed by atoms with Crippen LogP contribution in [0.25, 0.3) is 0 Å². The van der Waals surface area contributed by atoms with Crippen molar-refractivity contribution < 1.29 is 9.90 Å². The third-order valence-corrected chi connectivity index (χ3v) is 3.81. The molecular weight excluding hydrogens is 214 g/mol. The maximum absolute atomic E-state index is 11.0. The van der Waals surface area contributed by atoms with Gasteiger partial charge < -0.3 is 14.5 Å². The molecule has 1 aliphatic rings. The lowest BCUT2D eigenvalue weighted by Crippen LogP contribution is -2.24. The Labute approximate surface area is 102 Å². The van der Waals surface area contributed by atoms with Crippen LogP contribution in [-0.2, 0) is 13.0 Å². The molecule has 2 rings (SSSR count). The second kappa shape index (κ2) is 5.39. The molecule has 0 aliphatic heterocycles. The number of nitrogens with zero attached hydrogens (tertiary/aromatic N) is 1. The Hall–Kier alpha value is -1.25. The van der Waals surface area contributed by atoms with Crippen molar-refractivity contribution in [3.05, 3.63) is 23.5 Å². The molecule has 1 aromatic rings. The molecule has 0 N–H and O–H groups in total.